The van der Waals surface area contributed by atoms with Crippen molar-refractivity contribution in [3.8, 4) is 5.75 Å². The molecular formula is C24H23F2N3O3. The summed E-state index contributed by atoms with van der Waals surface area (Å²) in [5, 5.41) is 0.493. The summed E-state index contributed by atoms with van der Waals surface area (Å²) in [5.74, 6) is -1.45. The molecule has 1 aliphatic heterocycles. The summed E-state index contributed by atoms with van der Waals surface area (Å²) in [6, 6.07) is 11.2. The summed E-state index contributed by atoms with van der Waals surface area (Å²) in [7, 11) is 0. The summed E-state index contributed by atoms with van der Waals surface area (Å²) in [6.07, 6.45) is 0.695. The van der Waals surface area contributed by atoms with E-state index in [4.69, 9.17) is 10.5 Å². The number of benzene rings is 2. The molecule has 2 heterocycles. The summed E-state index contributed by atoms with van der Waals surface area (Å²) in [4.78, 5) is 31.4. The minimum absolute atomic E-state index is 0.192. The summed E-state index contributed by atoms with van der Waals surface area (Å²) in [6.45, 7) is 2.56. The smallest absolute Gasteiger partial charge is 0.263 e. The van der Waals surface area contributed by atoms with Crippen LogP contribution >= 0.6 is 0 Å². The molecule has 0 bridgehead atoms. The number of pyridine rings is 1. The number of amides is 2. The number of aromatic nitrogens is 1. The molecule has 1 aliphatic rings. The SMILES string of the molecule is C[C@H](Oc1ccc(F)cc1)C(=O)N1CCC[C@H](c2nc3ccc(F)cc3cc2C(N)=O)C1. The molecule has 1 aromatic heterocycles. The normalized spacial score (nSPS) is 17.2. The maximum absolute atomic E-state index is 13.6. The van der Waals surface area contributed by atoms with E-state index in [1.165, 1.54) is 36.4 Å². The fourth-order valence-electron chi connectivity index (χ4n) is 4.10. The molecule has 0 saturated carbocycles. The Bertz CT molecular complexity index is 1170. The number of likely N-dealkylation sites (tertiary alicyclic amines) is 1. The second-order valence-electron chi connectivity index (χ2n) is 7.96. The summed E-state index contributed by atoms with van der Waals surface area (Å²) in [5.41, 5.74) is 6.90. The standard InChI is InChI=1S/C24H23F2N3O3/c1-14(32-19-7-4-17(25)5-8-19)24(31)29-10-2-3-15(13-29)22-20(23(27)30)12-16-11-18(26)6-9-21(16)28-22/h4-9,11-12,14-15H,2-3,10,13H2,1H3,(H2,27,30)/t14-,15-/m0/s1. The predicted molar refractivity (Wildman–Crippen MR) is 115 cm³/mol. The van der Waals surface area contributed by atoms with Crippen LogP contribution in [0.3, 0.4) is 0 Å². The Kier molecular flexibility index (Phi) is 6.03. The molecule has 0 spiro atoms. The summed E-state index contributed by atoms with van der Waals surface area (Å²) < 4.78 is 32.4. The maximum atomic E-state index is 13.6. The highest BCUT2D eigenvalue weighted by Crippen LogP contribution is 2.31. The number of piperidine rings is 1. The zero-order valence-corrected chi connectivity index (χ0v) is 17.6. The number of halogens is 2. The third-order valence-corrected chi connectivity index (χ3v) is 5.67. The van der Waals surface area contributed by atoms with Crippen LogP contribution in [-0.2, 0) is 4.79 Å². The third-order valence-electron chi connectivity index (χ3n) is 5.67. The van der Waals surface area contributed by atoms with Gasteiger partial charge in [0.1, 0.15) is 17.4 Å². The van der Waals surface area contributed by atoms with E-state index >= 15 is 0 Å². The highest BCUT2D eigenvalue weighted by atomic mass is 19.1. The molecule has 2 N–H and O–H groups in total. The van der Waals surface area contributed by atoms with Crippen LogP contribution in [0.4, 0.5) is 8.78 Å². The Labute approximate surface area is 184 Å². The zero-order valence-electron chi connectivity index (χ0n) is 17.6. The fraction of sp³-hybridized carbons (Fsp3) is 0.292. The van der Waals surface area contributed by atoms with Crippen LogP contribution in [0.2, 0.25) is 0 Å². The van der Waals surface area contributed by atoms with Crippen LogP contribution < -0.4 is 10.5 Å². The van der Waals surface area contributed by atoms with Gasteiger partial charge in [0.15, 0.2) is 6.10 Å². The Morgan fingerprint density at radius 2 is 1.84 bits per heavy atom. The number of hydrogen-bond acceptors (Lipinski definition) is 4. The number of fused-ring (bicyclic) bond motifs is 1. The van der Waals surface area contributed by atoms with Gasteiger partial charge >= 0.3 is 0 Å². The number of nitrogens with two attached hydrogens (primary N) is 1. The average molecular weight is 439 g/mol. The predicted octanol–water partition coefficient (Wildman–Crippen LogP) is 3.79. The molecule has 6 nitrogen and oxygen atoms in total. The van der Waals surface area contributed by atoms with E-state index in [0.29, 0.717) is 35.4 Å². The quantitative estimate of drug-likeness (QED) is 0.656. The molecule has 1 fully saturated rings. The average Bonchev–Trinajstić information content (AvgIpc) is 2.79. The molecule has 8 heteroatoms. The molecule has 166 valence electrons. The highest BCUT2D eigenvalue weighted by Gasteiger charge is 2.31. The Hall–Kier alpha value is -3.55. The number of carbonyl (C=O) groups is 2. The lowest BCUT2D eigenvalue weighted by Crippen LogP contribution is -2.45. The van der Waals surface area contributed by atoms with Crippen LogP contribution in [-0.4, -0.2) is 40.9 Å². The van der Waals surface area contributed by atoms with Gasteiger partial charge < -0.3 is 15.4 Å². The van der Waals surface area contributed by atoms with Crippen molar-refractivity contribution in [1.82, 2.24) is 9.88 Å². The minimum Gasteiger partial charge on any atom is -0.481 e. The van der Waals surface area contributed by atoms with Gasteiger partial charge in [0.05, 0.1) is 16.8 Å². The molecule has 0 radical (unpaired) electrons. The third kappa shape index (κ3) is 4.54. The summed E-state index contributed by atoms with van der Waals surface area (Å²) >= 11 is 0. The van der Waals surface area contributed by atoms with E-state index in [1.807, 2.05) is 0 Å². The zero-order chi connectivity index (χ0) is 22.8. The fourth-order valence-corrected chi connectivity index (χ4v) is 4.10. The van der Waals surface area contributed by atoms with Crippen LogP contribution in [0.5, 0.6) is 5.75 Å². The molecule has 0 aliphatic carbocycles. The van der Waals surface area contributed by atoms with Gasteiger partial charge in [-0.2, -0.15) is 0 Å². The maximum Gasteiger partial charge on any atom is 0.263 e. The first-order valence-corrected chi connectivity index (χ1v) is 10.4. The van der Waals surface area contributed by atoms with E-state index in [-0.39, 0.29) is 23.2 Å². The molecule has 1 saturated heterocycles. The van der Waals surface area contributed by atoms with Crippen molar-refractivity contribution in [2.24, 2.45) is 5.73 Å². The number of nitrogens with zero attached hydrogens (tertiary/aromatic N) is 2. The lowest BCUT2D eigenvalue weighted by molar-refractivity contribution is -0.139. The first kappa shape index (κ1) is 21.7. The van der Waals surface area contributed by atoms with Crippen LogP contribution in [0.1, 0.15) is 41.7 Å². The van der Waals surface area contributed by atoms with Crippen molar-refractivity contribution in [1.29, 1.82) is 0 Å². The van der Waals surface area contributed by atoms with Crippen LogP contribution in [0.15, 0.2) is 48.5 Å². The molecule has 32 heavy (non-hydrogen) atoms. The van der Waals surface area contributed by atoms with Gasteiger partial charge in [-0.15, -0.1) is 0 Å². The van der Waals surface area contributed by atoms with E-state index in [9.17, 15) is 18.4 Å². The first-order chi connectivity index (χ1) is 15.3. The molecule has 2 atom stereocenters. The van der Waals surface area contributed by atoms with Crippen molar-refractivity contribution in [2.45, 2.75) is 31.8 Å². The molecule has 2 amide bonds. The van der Waals surface area contributed by atoms with Gasteiger partial charge in [-0.25, -0.2) is 8.78 Å². The van der Waals surface area contributed by atoms with Crippen molar-refractivity contribution in [2.75, 3.05) is 13.1 Å². The van der Waals surface area contributed by atoms with Gasteiger partial charge in [-0.05, 0) is 68.3 Å². The van der Waals surface area contributed by atoms with Gasteiger partial charge in [0.25, 0.3) is 11.8 Å². The van der Waals surface area contributed by atoms with Gasteiger partial charge in [-0.3, -0.25) is 14.6 Å². The number of primary amides is 1. The molecule has 0 unspecified atom stereocenters. The van der Waals surface area contributed by atoms with E-state index in [0.717, 1.165) is 12.8 Å². The molecular weight excluding hydrogens is 416 g/mol. The lowest BCUT2D eigenvalue weighted by Gasteiger charge is -2.34. The van der Waals surface area contributed by atoms with Gasteiger partial charge in [0.2, 0.25) is 0 Å². The number of ether oxygens (including phenoxy) is 1. The second kappa shape index (κ2) is 8.90. The second-order valence-corrected chi connectivity index (χ2v) is 7.96. The van der Waals surface area contributed by atoms with Crippen LogP contribution in [0, 0.1) is 11.6 Å². The van der Waals surface area contributed by atoms with Crippen molar-refractivity contribution < 1.29 is 23.1 Å². The van der Waals surface area contributed by atoms with Crippen molar-refractivity contribution in [3.63, 3.8) is 0 Å². The topological polar surface area (TPSA) is 85.5 Å². The molecule has 2 aromatic carbocycles. The minimum atomic E-state index is -0.762. The van der Waals surface area contributed by atoms with Crippen LogP contribution in [0.25, 0.3) is 10.9 Å². The van der Waals surface area contributed by atoms with E-state index in [1.54, 1.807) is 24.0 Å². The van der Waals surface area contributed by atoms with Crippen molar-refractivity contribution >= 4 is 22.7 Å². The number of carbonyl (C=O) groups excluding carboxylic acids is 2. The number of rotatable bonds is 5. The Morgan fingerprint density at radius 3 is 2.56 bits per heavy atom. The van der Waals surface area contributed by atoms with Crippen molar-refractivity contribution in [3.05, 3.63) is 71.4 Å². The largest absolute Gasteiger partial charge is 0.481 e. The monoisotopic (exact) mass is 439 g/mol. The lowest BCUT2D eigenvalue weighted by atomic mass is 9.90. The Morgan fingerprint density at radius 1 is 1.12 bits per heavy atom. The Balaban J connectivity index is 1.55. The number of hydrogen-bond donors (Lipinski definition) is 1. The van der Waals surface area contributed by atoms with Gasteiger partial charge in [0, 0.05) is 24.4 Å². The van der Waals surface area contributed by atoms with Gasteiger partial charge in [-0.1, -0.05) is 0 Å². The molecule has 3 aromatic rings. The molecule has 4 rings (SSSR count). The van der Waals surface area contributed by atoms with E-state index < -0.39 is 17.8 Å². The highest BCUT2D eigenvalue weighted by molar-refractivity contribution is 5.98. The van der Waals surface area contributed by atoms with E-state index in [2.05, 4.69) is 4.98 Å². The first-order valence-electron chi connectivity index (χ1n) is 10.4.